The van der Waals surface area contributed by atoms with Gasteiger partial charge in [0.05, 0.1) is 5.56 Å². The molecule has 6 heteroatoms. The lowest BCUT2D eigenvalue weighted by Gasteiger charge is -2.21. The van der Waals surface area contributed by atoms with Crippen LogP contribution in [-0.4, -0.2) is 48.9 Å². The van der Waals surface area contributed by atoms with E-state index in [0.717, 1.165) is 32.6 Å². The third-order valence-corrected chi connectivity index (χ3v) is 3.94. The van der Waals surface area contributed by atoms with E-state index in [0.29, 0.717) is 17.2 Å². The summed E-state index contributed by atoms with van der Waals surface area (Å²) in [6.07, 6.45) is 2.26. The van der Waals surface area contributed by atoms with Crippen molar-refractivity contribution in [3.63, 3.8) is 0 Å². The number of rotatable bonds is 5. The van der Waals surface area contributed by atoms with Crippen LogP contribution in [0.4, 0.5) is 5.69 Å². The average Bonchev–Trinajstić information content (AvgIpc) is 2.87. The number of para-hydroxylation sites is 1. The molecule has 1 saturated heterocycles. The number of nitrogens with zero attached hydrogens (tertiary/aromatic N) is 2. The van der Waals surface area contributed by atoms with Gasteiger partial charge >= 0.3 is 0 Å². The SMILES string of the molecule is CCCN(C)CC1CCN(C(=O)c2ccccc2N)C1.Cl.Cl. The second-order valence-electron chi connectivity index (χ2n) is 5.76. The zero-order valence-corrected chi connectivity index (χ0v) is 15.0. The van der Waals surface area contributed by atoms with Crippen molar-refractivity contribution < 1.29 is 4.79 Å². The number of carbonyl (C=O) groups excluding carboxylic acids is 1. The Balaban J connectivity index is 0.00000220. The average molecular weight is 348 g/mol. The number of halogens is 2. The summed E-state index contributed by atoms with van der Waals surface area (Å²) in [5.41, 5.74) is 7.10. The molecular formula is C16H27Cl2N3O. The van der Waals surface area contributed by atoms with Crippen LogP contribution in [0.3, 0.4) is 0 Å². The zero-order valence-electron chi connectivity index (χ0n) is 13.3. The molecular weight excluding hydrogens is 321 g/mol. The van der Waals surface area contributed by atoms with Crippen LogP contribution >= 0.6 is 24.8 Å². The molecule has 0 spiro atoms. The molecule has 22 heavy (non-hydrogen) atoms. The molecule has 2 rings (SSSR count). The van der Waals surface area contributed by atoms with Crippen LogP contribution in [0.2, 0.25) is 0 Å². The van der Waals surface area contributed by atoms with Gasteiger partial charge in [0, 0.05) is 25.3 Å². The molecule has 126 valence electrons. The monoisotopic (exact) mass is 347 g/mol. The highest BCUT2D eigenvalue weighted by Crippen LogP contribution is 2.21. The summed E-state index contributed by atoms with van der Waals surface area (Å²) < 4.78 is 0. The van der Waals surface area contributed by atoms with Crippen LogP contribution < -0.4 is 5.73 Å². The first-order chi connectivity index (χ1) is 9.61. The van der Waals surface area contributed by atoms with Crippen LogP contribution in [0.15, 0.2) is 24.3 Å². The van der Waals surface area contributed by atoms with E-state index in [1.54, 1.807) is 6.07 Å². The van der Waals surface area contributed by atoms with Gasteiger partial charge in [0.25, 0.3) is 5.91 Å². The quantitative estimate of drug-likeness (QED) is 0.833. The zero-order chi connectivity index (χ0) is 14.5. The van der Waals surface area contributed by atoms with E-state index in [9.17, 15) is 4.79 Å². The van der Waals surface area contributed by atoms with Gasteiger partial charge in [-0.2, -0.15) is 0 Å². The molecule has 0 radical (unpaired) electrons. The van der Waals surface area contributed by atoms with E-state index in [1.165, 1.54) is 6.42 Å². The topological polar surface area (TPSA) is 49.6 Å². The van der Waals surface area contributed by atoms with Gasteiger partial charge < -0.3 is 15.5 Å². The second-order valence-corrected chi connectivity index (χ2v) is 5.76. The molecule has 1 aliphatic rings. The Morgan fingerprint density at radius 3 is 2.68 bits per heavy atom. The number of amides is 1. The Morgan fingerprint density at radius 2 is 2.05 bits per heavy atom. The Kier molecular flexibility index (Phi) is 9.49. The minimum Gasteiger partial charge on any atom is -0.398 e. The molecule has 0 saturated carbocycles. The highest BCUT2D eigenvalue weighted by atomic mass is 35.5. The smallest absolute Gasteiger partial charge is 0.255 e. The molecule has 2 N–H and O–H groups in total. The number of hydrogen-bond donors (Lipinski definition) is 1. The minimum absolute atomic E-state index is 0. The maximum absolute atomic E-state index is 12.5. The molecule has 1 aliphatic heterocycles. The molecule has 0 aromatic heterocycles. The van der Waals surface area contributed by atoms with Gasteiger partial charge in [-0.05, 0) is 44.5 Å². The molecule has 4 nitrogen and oxygen atoms in total. The number of nitrogen functional groups attached to an aromatic ring is 1. The summed E-state index contributed by atoms with van der Waals surface area (Å²) in [7, 11) is 2.16. The predicted octanol–water partition coefficient (Wildman–Crippen LogP) is 2.92. The van der Waals surface area contributed by atoms with E-state index in [4.69, 9.17) is 5.73 Å². The molecule has 0 bridgehead atoms. The van der Waals surface area contributed by atoms with Gasteiger partial charge in [-0.3, -0.25) is 4.79 Å². The van der Waals surface area contributed by atoms with Gasteiger partial charge in [-0.1, -0.05) is 19.1 Å². The summed E-state index contributed by atoms with van der Waals surface area (Å²) in [6, 6.07) is 7.33. The molecule has 1 unspecified atom stereocenters. The first-order valence-corrected chi connectivity index (χ1v) is 7.44. The maximum atomic E-state index is 12.5. The van der Waals surface area contributed by atoms with Crippen molar-refractivity contribution in [3.8, 4) is 0 Å². The van der Waals surface area contributed by atoms with Crippen molar-refractivity contribution in [2.24, 2.45) is 5.92 Å². The van der Waals surface area contributed by atoms with E-state index in [2.05, 4.69) is 18.9 Å². The van der Waals surface area contributed by atoms with Crippen molar-refractivity contribution in [2.75, 3.05) is 39.0 Å². The van der Waals surface area contributed by atoms with Crippen LogP contribution in [0.1, 0.15) is 30.1 Å². The Morgan fingerprint density at radius 1 is 1.36 bits per heavy atom. The van der Waals surface area contributed by atoms with Crippen LogP contribution in [0.5, 0.6) is 0 Å². The molecule has 1 atom stereocenters. The highest BCUT2D eigenvalue weighted by Gasteiger charge is 2.28. The fourth-order valence-corrected chi connectivity index (χ4v) is 2.94. The summed E-state index contributed by atoms with van der Waals surface area (Å²) in [5.74, 6) is 0.657. The second kappa shape index (κ2) is 9.93. The summed E-state index contributed by atoms with van der Waals surface area (Å²) >= 11 is 0. The number of likely N-dealkylation sites (tertiary alicyclic amines) is 1. The van der Waals surface area contributed by atoms with Crippen molar-refractivity contribution >= 4 is 36.4 Å². The van der Waals surface area contributed by atoms with Gasteiger partial charge in [-0.25, -0.2) is 0 Å². The standard InChI is InChI=1S/C16H25N3O.2ClH/c1-3-9-18(2)11-13-8-10-19(12-13)16(20)14-6-4-5-7-15(14)17;;/h4-7,13H,3,8-12,17H2,1-2H3;2*1H. The fourth-order valence-electron chi connectivity index (χ4n) is 2.94. The van der Waals surface area contributed by atoms with Gasteiger partial charge in [0.15, 0.2) is 0 Å². The summed E-state index contributed by atoms with van der Waals surface area (Å²) in [5, 5.41) is 0. The van der Waals surface area contributed by atoms with Crippen molar-refractivity contribution in [1.29, 1.82) is 0 Å². The lowest BCUT2D eigenvalue weighted by atomic mass is 10.1. The number of hydrogen-bond acceptors (Lipinski definition) is 3. The lowest BCUT2D eigenvalue weighted by molar-refractivity contribution is 0.0785. The van der Waals surface area contributed by atoms with Gasteiger partial charge in [0.1, 0.15) is 0 Å². The number of carbonyl (C=O) groups is 1. The molecule has 1 aromatic rings. The summed E-state index contributed by atoms with van der Waals surface area (Å²) in [6.45, 7) is 6.08. The highest BCUT2D eigenvalue weighted by molar-refractivity contribution is 5.99. The lowest BCUT2D eigenvalue weighted by Crippen LogP contribution is -2.32. The minimum atomic E-state index is 0. The normalized spacial score (nSPS) is 17.0. The molecule has 0 aliphatic carbocycles. The molecule has 1 fully saturated rings. The fraction of sp³-hybridized carbons (Fsp3) is 0.562. The Hall–Kier alpha value is -0.970. The van der Waals surface area contributed by atoms with Crippen LogP contribution in [0, 0.1) is 5.92 Å². The molecule has 1 heterocycles. The van der Waals surface area contributed by atoms with E-state index < -0.39 is 0 Å². The summed E-state index contributed by atoms with van der Waals surface area (Å²) in [4.78, 5) is 16.8. The molecule has 1 amide bonds. The Labute approximate surface area is 145 Å². The number of anilines is 1. The van der Waals surface area contributed by atoms with Crippen LogP contribution in [0.25, 0.3) is 0 Å². The van der Waals surface area contributed by atoms with Gasteiger partial charge in [-0.15, -0.1) is 24.8 Å². The third kappa shape index (κ3) is 5.34. The van der Waals surface area contributed by atoms with Crippen molar-refractivity contribution in [2.45, 2.75) is 19.8 Å². The Bertz CT molecular complexity index is 470. The van der Waals surface area contributed by atoms with E-state index in [1.807, 2.05) is 23.1 Å². The van der Waals surface area contributed by atoms with E-state index >= 15 is 0 Å². The molecule has 1 aromatic carbocycles. The number of nitrogens with two attached hydrogens (primary N) is 1. The third-order valence-electron chi connectivity index (χ3n) is 3.94. The van der Waals surface area contributed by atoms with Crippen molar-refractivity contribution in [3.05, 3.63) is 29.8 Å². The van der Waals surface area contributed by atoms with Crippen LogP contribution in [-0.2, 0) is 0 Å². The van der Waals surface area contributed by atoms with E-state index in [-0.39, 0.29) is 30.7 Å². The van der Waals surface area contributed by atoms with Gasteiger partial charge in [0.2, 0.25) is 0 Å². The number of benzene rings is 1. The predicted molar refractivity (Wildman–Crippen MR) is 97.1 cm³/mol. The van der Waals surface area contributed by atoms with Crippen molar-refractivity contribution in [1.82, 2.24) is 9.80 Å². The first-order valence-electron chi connectivity index (χ1n) is 7.44. The maximum Gasteiger partial charge on any atom is 0.255 e. The largest absolute Gasteiger partial charge is 0.398 e. The first kappa shape index (κ1) is 21.0.